The van der Waals surface area contributed by atoms with Crippen LogP contribution in [0.15, 0.2) is 205 Å². The maximum absolute atomic E-state index is 6.27. The van der Waals surface area contributed by atoms with Gasteiger partial charge < -0.3 is 4.42 Å². The summed E-state index contributed by atoms with van der Waals surface area (Å²) >= 11 is 0. The number of aromatic nitrogens is 3. The molecule has 0 aliphatic rings. The first kappa shape index (κ1) is 32.2. The molecule has 10 rings (SSSR count). The fraction of sp³-hybridized carbons (Fsp3) is 0. The lowest BCUT2D eigenvalue weighted by atomic mass is 9.93. The Morgan fingerprint density at radius 2 is 0.618 bits per heavy atom. The van der Waals surface area contributed by atoms with Gasteiger partial charge in [0, 0.05) is 27.5 Å². The van der Waals surface area contributed by atoms with Crippen molar-refractivity contribution < 1.29 is 4.42 Å². The first-order valence-corrected chi connectivity index (χ1v) is 18.4. The van der Waals surface area contributed by atoms with Gasteiger partial charge in [-0.15, -0.1) is 0 Å². The predicted molar refractivity (Wildman–Crippen MR) is 225 cm³/mol. The molecule has 0 aliphatic carbocycles. The number of rotatable bonds is 7. The third-order valence-electron chi connectivity index (χ3n) is 10.1. The zero-order valence-corrected chi connectivity index (χ0v) is 29.8. The van der Waals surface area contributed by atoms with Crippen LogP contribution in [0.2, 0.25) is 0 Å². The molecule has 8 aromatic carbocycles. The minimum Gasteiger partial charge on any atom is -0.456 e. The number of fused-ring (bicyclic) bond motifs is 3. The summed E-state index contributed by atoms with van der Waals surface area (Å²) in [5, 5.41) is 2.15. The molecule has 55 heavy (non-hydrogen) atoms. The van der Waals surface area contributed by atoms with Gasteiger partial charge in [0.25, 0.3) is 0 Å². The standard InChI is InChI=1S/C51H33N3O/c1-4-13-34(14-5-1)39-19-12-20-40(29-39)50-52-49(53-51(54-50)41-27-28-46-45-21-10-11-22-47(45)55-48(46)33-41)38-25-23-37(24-26-38)44-31-42(35-15-6-2-7-16-35)30-43(32-44)36-17-8-3-9-18-36/h1-33H. The topological polar surface area (TPSA) is 51.8 Å². The van der Waals surface area contributed by atoms with Crippen molar-refractivity contribution in [3.05, 3.63) is 200 Å². The van der Waals surface area contributed by atoms with Crippen LogP contribution >= 0.6 is 0 Å². The maximum Gasteiger partial charge on any atom is 0.164 e. The Bertz CT molecular complexity index is 2900. The van der Waals surface area contributed by atoms with Gasteiger partial charge >= 0.3 is 0 Å². The molecule has 0 amide bonds. The molecule has 0 aliphatic heterocycles. The number of hydrogen-bond acceptors (Lipinski definition) is 4. The fourth-order valence-corrected chi connectivity index (χ4v) is 7.30. The normalized spacial score (nSPS) is 11.3. The minimum absolute atomic E-state index is 0.583. The highest BCUT2D eigenvalue weighted by Crippen LogP contribution is 2.36. The quantitative estimate of drug-likeness (QED) is 0.166. The molecule has 0 N–H and O–H groups in total. The van der Waals surface area contributed by atoms with Crippen molar-refractivity contribution in [2.75, 3.05) is 0 Å². The Balaban J connectivity index is 1.08. The molecule has 4 heteroatoms. The first-order valence-electron chi connectivity index (χ1n) is 18.4. The number of furan rings is 1. The molecule has 0 fully saturated rings. The molecule has 0 radical (unpaired) electrons. The molecule has 258 valence electrons. The number of hydrogen-bond donors (Lipinski definition) is 0. The van der Waals surface area contributed by atoms with E-state index in [0.717, 1.165) is 60.9 Å². The summed E-state index contributed by atoms with van der Waals surface area (Å²) in [6.07, 6.45) is 0. The van der Waals surface area contributed by atoms with Gasteiger partial charge in [0.05, 0.1) is 0 Å². The molecule has 10 aromatic rings. The van der Waals surface area contributed by atoms with E-state index in [4.69, 9.17) is 19.4 Å². The van der Waals surface area contributed by atoms with Gasteiger partial charge in [-0.3, -0.25) is 0 Å². The number of nitrogens with zero attached hydrogens (tertiary/aromatic N) is 3. The summed E-state index contributed by atoms with van der Waals surface area (Å²) in [5.41, 5.74) is 13.5. The van der Waals surface area contributed by atoms with Crippen LogP contribution in [-0.4, -0.2) is 15.0 Å². The van der Waals surface area contributed by atoms with Gasteiger partial charge in [-0.1, -0.05) is 158 Å². The molecule has 2 aromatic heterocycles. The van der Waals surface area contributed by atoms with Crippen molar-refractivity contribution in [2.45, 2.75) is 0 Å². The second kappa shape index (κ2) is 13.8. The van der Waals surface area contributed by atoms with Crippen molar-refractivity contribution in [1.29, 1.82) is 0 Å². The molecule has 0 spiro atoms. The van der Waals surface area contributed by atoms with E-state index in [1.165, 1.54) is 22.3 Å². The molecular formula is C51H33N3O. The zero-order valence-electron chi connectivity index (χ0n) is 29.8. The molecule has 0 saturated heterocycles. The van der Waals surface area contributed by atoms with Gasteiger partial charge in [0.15, 0.2) is 17.5 Å². The highest BCUT2D eigenvalue weighted by molar-refractivity contribution is 6.05. The first-order chi connectivity index (χ1) is 27.2. The van der Waals surface area contributed by atoms with E-state index in [-0.39, 0.29) is 0 Å². The average Bonchev–Trinajstić information content (AvgIpc) is 3.65. The van der Waals surface area contributed by atoms with Gasteiger partial charge in [-0.2, -0.15) is 0 Å². The van der Waals surface area contributed by atoms with Crippen LogP contribution < -0.4 is 0 Å². The van der Waals surface area contributed by atoms with Gasteiger partial charge in [0.2, 0.25) is 0 Å². The molecule has 0 saturated carbocycles. The lowest BCUT2D eigenvalue weighted by Crippen LogP contribution is -2.00. The van der Waals surface area contributed by atoms with Crippen LogP contribution in [0.3, 0.4) is 0 Å². The monoisotopic (exact) mass is 703 g/mol. The number of para-hydroxylation sites is 1. The Hall–Kier alpha value is -7.43. The SMILES string of the molecule is c1ccc(-c2cc(-c3ccccc3)cc(-c3ccc(-c4nc(-c5cccc(-c6ccccc6)c5)nc(-c5ccc6c(c5)oc5ccccc56)n4)cc3)c2)cc1. The minimum atomic E-state index is 0.583. The van der Waals surface area contributed by atoms with Gasteiger partial charge in [-0.05, 0) is 87.0 Å². The lowest BCUT2D eigenvalue weighted by Gasteiger charge is -2.12. The highest BCUT2D eigenvalue weighted by Gasteiger charge is 2.16. The summed E-state index contributed by atoms with van der Waals surface area (Å²) in [5.74, 6) is 1.79. The summed E-state index contributed by atoms with van der Waals surface area (Å²) in [6, 6.07) is 69.5. The van der Waals surface area contributed by atoms with E-state index in [0.29, 0.717) is 17.5 Å². The van der Waals surface area contributed by atoms with E-state index < -0.39 is 0 Å². The molecule has 4 nitrogen and oxygen atoms in total. The average molecular weight is 704 g/mol. The van der Waals surface area contributed by atoms with Crippen LogP contribution in [0.25, 0.3) is 101 Å². The van der Waals surface area contributed by atoms with Gasteiger partial charge in [0.1, 0.15) is 11.2 Å². The van der Waals surface area contributed by atoms with Crippen molar-refractivity contribution in [3.63, 3.8) is 0 Å². The van der Waals surface area contributed by atoms with E-state index in [1.54, 1.807) is 0 Å². The zero-order chi connectivity index (χ0) is 36.6. The van der Waals surface area contributed by atoms with Crippen molar-refractivity contribution in [2.24, 2.45) is 0 Å². The Morgan fingerprint density at radius 1 is 0.236 bits per heavy atom. The largest absolute Gasteiger partial charge is 0.456 e. The second-order valence-corrected chi connectivity index (χ2v) is 13.7. The Labute approximate surface area is 319 Å². The van der Waals surface area contributed by atoms with E-state index >= 15 is 0 Å². The summed E-state index contributed by atoms with van der Waals surface area (Å²) in [4.78, 5) is 15.3. The van der Waals surface area contributed by atoms with Crippen LogP contribution in [0.5, 0.6) is 0 Å². The third-order valence-corrected chi connectivity index (χ3v) is 10.1. The van der Waals surface area contributed by atoms with Gasteiger partial charge in [-0.25, -0.2) is 15.0 Å². The fourth-order valence-electron chi connectivity index (χ4n) is 7.30. The highest BCUT2D eigenvalue weighted by atomic mass is 16.3. The number of benzene rings is 8. The summed E-state index contributed by atoms with van der Waals surface area (Å²) < 4.78 is 6.27. The molecule has 0 unspecified atom stereocenters. The van der Waals surface area contributed by atoms with E-state index in [9.17, 15) is 0 Å². The Kier molecular flexibility index (Phi) is 8.12. The molecule has 2 heterocycles. The Morgan fingerprint density at radius 3 is 1.22 bits per heavy atom. The van der Waals surface area contributed by atoms with Crippen LogP contribution in [0.4, 0.5) is 0 Å². The summed E-state index contributed by atoms with van der Waals surface area (Å²) in [6.45, 7) is 0. The predicted octanol–water partition coefficient (Wildman–Crippen LogP) is 13.4. The smallest absolute Gasteiger partial charge is 0.164 e. The van der Waals surface area contributed by atoms with E-state index in [2.05, 4.69) is 170 Å². The van der Waals surface area contributed by atoms with Crippen LogP contribution in [0.1, 0.15) is 0 Å². The second-order valence-electron chi connectivity index (χ2n) is 13.7. The van der Waals surface area contributed by atoms with E-state index in [1.807, 2.05) is 30.3 Å². The summed E-state index contributed by atoms with van der Waals surface area (Å²) in [7, 11) is 0. The van der Waals surface area contributed by atoms with Crippen LogP contribution in [0, 0.1) is 0 Å². The van der Waals surface area contributed by atoms with Crippen molar-refractivity contribution >= 4 is 21.9 Å². The third kappa shape index (κ3) is 6.36. The molecular weight excluding hydrogens is 671 g/mol. The lowest BCUT2D eigenvalue weighted by molar-refractivity contribution is 0.669. The molecule has 0 bridgehead atoms. The van der Waals surface area contributed by atoms with Crippen molar-refractivity contribution in [3.8, 4) is 78.7 Å². The van der Waals surface area contributed by atoms with Crippen molar-refractivity contribution in [1.82, 2.24) is 15.0 Å². The maximum atomic E-state index is 6.27. The molecule has 0 atom stereocenters. The van der Waals surface area contributed by atoms with Crippen LogP contribution in [-0.2, 0) is 0 Å².